The smallest absolute Gasteiger partial charge is 0.230 e. The van der Waals surface area contributed by atoms with Crippen molar-refractivity contribution in [3.63, 3.8) is 0 Å². The fourth-order valence-corrected chi connectivity index (χ4v) is 47.7. The van der Waals surface area contributed by atoms with E-state index in [0.717, 1.165) is 26.6 Å². The van der Waals surface area contributed by atoms with Gasteiger partial charge in [0.15, 0.2) is 0 Å². The molecular weight excluding hydrogens is 2140 g/mol. The Morgan fingerprint density at radius 1 is 0.333 bits per heavy atom. The van der Waals surface area contributed by atoms with Crippen molar-refractivity contribution >= 4 is 402 Å². The second kappa shape index (κ2) is 40.5. The van der Waals surface area contributed by atoms with E-state index in [9.17, 15) is 13.2 Å². The van der Waals surface area contributed by atoms with Crippen LogP contribution in [0.15, 0.2) is 95.7 Å². The maximum atomic E-state index is 12.9. The second-order valence-corrected chi connectivity index (χ2v) is 68.2. The van der Waals surface area contributed by atoms with Gasteiger partial charge >= 0.3 is 6.18 Å². The number of alkyl halides is 3. The van der Waals surface area contributed by atoms with Crippen molar-refractivity contribution in [2.75, 3.05) is 0 Å². The molecule has 2 nitrogen and oxygen atoms in total. The van der Waals surface area contributed by atoms with Crippen LogP contribution in [0.4, 0.5) is 13.2 Å². The first-order valence-electron chi connectivity index (χ1n) is 46.7. The molecule has 1 aliphatic carbocycles. The first-order valence-corrected chi connectivity index (χ1v) is 65.6. The Bertz CT molecular complexity index is 8390. The predicted octanol–water partition coefficient (Wildman–Crippen LogP) is 47.3. The van der Waals surface area contributed by atoms with Crippen LogP contribution in [0.2, 0.25) is 0 Å². The molecule has 726 valence electrons. The van der Waals surface area contributed by atoms with Crippen LogP contribution in [-0.2, 0) is 35.5 Å². The molecule has 0 spiro atoms. The Labute approximate surface area is 901 Å². The summed E-state index contributed by atoms with van der Waals surface area (Å²) in [5.41, 5.74) is 7.75. The van der Waals surface area contributed by atoms with E-state index in [1.807, 2.05) is 222 Å². The Kier molecular flexibility index (Phi) is 30.5. The molecule has 1 saturated carbocycles. The van der Waals surface area contributed by atoms with Crippen LogP contribution < -0.4 is 0 Å². The molecule has 28 heteroatoms. The lowest BCUT2D eigenvalue weighted by atomic mass is 9.71. The lowest BCUT2D eigenvalue weighted by Gasteiger charge is -2.34. The molecule has 0 bridgehead atoms. The number of thiophene rings is 21. The lowest BCUT2D eigenvalue weighted by molar-refractivity contribution is -0.211. The van der Waals surface area contributed by atoms with Crippen LogP contribution in [-0.4, -0.2) is 16.1 Å². The number of rotatable bonds is 8. The van der Waals surface area contributed by atoms with Crippen molar-refractivity contribution in [2.45, 2.75) is 273 Å². The van der Waals surface area contributed by atoms with E-state index < -0.39 is 11.6 Å². The zero-order valence-corrected chi connectivity index (χ0v) is 102. The SMILES string of the molecule is Cc1cc2sc3cc(C(C)C)sc3c2s1.Cc1cc2sc3cc(C)sc3c2s1.Cc1cc2sc3cc(C4CCCC4)sc3c2s1.Cc1cc2sc3cc(CC(C)(C)C)sc3c2s1.Cc1cc2sc3ccsc3c2s1.Cc1cc2sc3nc(CC(C)(C)C(F)(F)F)sc3c2s1.Cc1cc2sc3nc(CC(C)C)sc3c2s1.Cc1sc2c(C)csc2c1-c1c(C(C)(C)C)cc(C(C)(C)C)cc1C(C)(C)C. The largest absolute Gasteiger partial charge is 0.394 e. The van der Waals surface area contributed by atoms with Gasteiger partial charge in [0.05, 0.1) is 85.9 Å². The number of hydrogen-bond donors (Lipinski definition) is 0. The average molecular weight is 2260 g/mol. The molecule has 0 atom stereocenters. The first-order chi connectivity index (χ1) is 64.9. The van der Waals surface area contributed by atoms with Crippen molar-refractivity contribution < 1.29 is 13.2 Å². The van der Waals surface area contributed by atoms with Gasteiger partial charge in [-0.15, -0.1) is 261 Å². The lowest BCUT2D eigenvalue weighted by Crippen LogP contribution is -2.34. The highest BCUT2D eigenvalue weighted by molar-refractivity contribution is 7.43. The number of hydrogen-bond acceptors (Lipinski definition) is 25. The van der Waals surface area contributed by atoms with Crippen molar-refractivity contribution in [2.24, 2.45) is 16.7 Å². The van der Waals surface area contributed by atoms with Crippen LogP contribution in [0.3, 0.4) is 0 Å². The van der Waals surface area contributed by atoms with Crippen molar-refractivity contribution in [3.8, 4) is 11.1 Å². The predicted molar refractivity (Wildman–Crippen MR) is 650 cm³/mol. The number of halogens is 3. The summed E-state index contributed by atoms with van der Waals surface area (Å²) in [6.45, 7) is 61.5. The molecule has 0 saturated heterocycles. The summed E-state index contributed by atoms with van der Waals surface area (Å²) in [5.74, 6) is 2.22. The summed E-state index contributed by atoms with van der Waals surface area (Å²) in [6.07, 6.45) is 3.73. The highest BCUT2D eigenvalue weighted by atomic mass is 32.2. The van der Waals surface area contributed by atoms with Gasteiger partial charge in [0.2, 0.25) is 0 Å². The molecule has 0 unspecified atom stereocenters. The number of thiazole rings is 2. The average Bonchev–Trinajstić information content (AvgIpc) is 1.40. The Morgan fingerprint density at radius 2 is 0.710 bits per heavy atom. The van der Waals surface area contributed by atoms with Gasteiger partial charge in [-0.1, -0.05) is 150 Å². The van der Waals surface area contributed by atoms with E-state index in [-0.39, 0.29) is 22.7 Å². The number of fused-ring (bicyclic) bond motifs is 22. The molecule has 23 heterocycles. The molecule has 0 radical (unpaired) electrons. The molecule has 23 aromatic heterocycles. The standard InChI is InChI=1S/C26H36S2.C14H14S3.C14H16S3.C13H12F3NS3.C12H13NS3.C12H12S3.C10H8S3.C9H6S3/c1-15-14-27-23-20(16(2)28-22(15)23)21-18(25(6,7)8)12-17(24(3,4)5)13-19(21)26(9,10)11;1-8-6-11-13(15-8)14-12(16-11)7-10(17-14)9-4-2-3-5-9;1-8-5-10-12(15-8)13-11(17-10)6-9(16-13)7-14(2,3)4;1-6-4-7-9(18-6)10-11(19-7)17-8(20-10)5-12(2,3)13(14,15)16;1-6(2)4-9-13-12-11(16-9)10-8(15-12)5-7(3)14-10;1-6(2)8-5-10-12(15-8)11-9(14-10)4-7(3)13-11;1-5-3-7-9(11-5)10-8(13-7)4-6(2)12-10;1-5-4-7-9(11-5)8-6(12-7)2-3-10-8/h12-14H,1-11H3;6-7,9H,2-5H2,1H3;5-6H,7H2,1-4H3;4H,5H2,1-3H3;5-6H,4H2,1-3H3;4-6H,1-3H3;3-4H,1-2H3;2-4H,1H3. The minimum atomic E-state index is -4.21. The van der Waals surface area contributed by atoms with E-state index in [0.29, 0.717) is 22.3 Å². The molecule has 1 aliphatic rings. The number of nitrogens with zero attached hydrogens (tertiary/aromatic N) is 2. The van der Waals surface area contributed by atoms with Gasteiger partial charge in [0.1, 0.15) is 9.66 Å². The summed E-state index contributed by atoms with van der Waals surface area (Å²) in [4.78, 5) is 28.6. The topological polar surface area (TPSA) is 25.8 Å². The summed E-state index contributed by atoms with van der Waals surface area (Å²) < 4.78 is 79.2. The van der Waals surface area contributed by atoms with E-state index >= 15 is 0 Å². The van der Waals surface area contributed by atoms with Gasteiger partial charge in [-0.3, -0.25) is 0 Å². The van der Waals surface area contributed by atoms with E-state index in [4.69, 9.17) is 4.98 Å². The summed E-state index contributed by atoms with van der Waals surface area (Å²) in [5, 5.41) is 6.36. The molecule has 138 heavy (non-hydrogen) atoms. The van der Waals surface area contributed by atoms with Crippen molar-refractivity contribution in [3.05, 3.63) is 186 Å². The van der Waals surface area contributed by atoms with Crippen LogP contribution in [0.25, 0.3) is 152 Å². The summed E-state index contributed by atoms with van der Waals surface area (Å²) >= 11 is 43.4. The maximum absolute atomic E-state index is 12.9. The normalized spacial score (nSPS) is 13.4. The maximum Gasteiger partial charge on any atom is 0.394 e. The monoisotopic (exact) mass is 2260 g/mol. The molecule has 0 amide bonds. The molecular formula is C110H117F3N2S23. The van der Waals surface area contributed by atoms with E-state index in [2.05, 4.69) is 285 Å². The molecule has 0 aliphatic heterocycles. The summed E-state index contributed by atoms with van der Waals surface area (Å²) in [6, 6.07) is 32.7. The number of aromatic nitrogens is 2. The minimum absolute atomic E-state index is 0.0611. The highest BCUT2D eigenvalue weighted by Gasteiger charge is 2.48. The Hall–Kier alpha value is -4.13. The number of aryl methyl sites for hydroxylation is 10. The Balaban J connectivity index is 0.000000106. The zero-order chi connectivity index (χ0) is 98.5. The quantitative estimate of drug-likeness (QED) is 0.152. The third-order valence-electron chi connectivity index (χ3n) is 24.2. The third kappa shape index (κ3) is 22.2. The van der Waals surface area contributed by atoms with Gasteiger partial charge in [-0.05, 0) is 239 Å². The van der Waals surface area contributed by atoms with Gasteiger partial charge in [-0.2, -0.15) is 13.2 Å². The van der Waals surface area contributed by atoms with Crippen LogP contribution in [0.5, 0.6) is 0 Å². The number of benzene rings is 1. The van der Waals surface area contributed by atoms with Crippen LogP contribution in [0, 0.1) is 86.0 Å². The van der Waals surface area contributed by atoms with Crippen molar-refractivity contribution in [1.82, 2.24) is 9.97 Å². The van der Waals surface area contributed by atoms with Crippen molar-refractivity contribution in [1.29, 1.82) is 0 Å². The van der Waals surface area contributed by atoms with E-state index in [1.165, 1.54) is 272 Å². The zero-order valence-electron chi connectivity index (χ0n) is 83.3. The van der Waals surface area contributed by atoms with Crippen LogP contribution >= 0.6 is 261 Å². The second-order valence-electron chi connectivity index (χ2n) is 42.1. The highest BCUT2D eigenvalue weighted by Crippen LogP contribution is 2.56. The minimum Gasteiger partial charge on any atom is -0.230 e. The van der Waals surface area contributed by atoms with Gasteiger partial charge < -0.3 is 0 Å². The van der Waals surface area contributed by atoms with Gasteiger partial charge in [0.25, 0.3) is 0 Å². The first kappa shape index (κ1) is 104. The summed E-state index contributed by atoms with van der Waals surface area (Å²) in [7, 11) is 0. The molecule has 1 aromatic carbocycles. The van der Waals surface area contributed by atoms with Gasteiger partial charge in [-0.25, -0.2) is 9.97 Å². The molecule has 0 N–H and O–H groups in total. The van der Waals surface area contributed by atoms with E-state index in [1.54, 1.807) is 32.3 Å². The van der Waals surface area contributed by atoms with Gasteiger partial charge in [0, 0.05) is 138 Å². The van der Waals surface area contributed by atoms with Crippen LogP contribution in [0.1, 0.15) is 253 Å². The molecule has 1 fully saturated rings. The fraction of sp³-hybridized carbons (Fsp3) is 0.400. The Morgan fingerprint density at radius 3 is 1.13 bits per heavy atom. The fourth-order valence-electron chi connectivity index (χ4n) is 17.4. The molecule has 24 aromatic rings. The third-order valence-corrected chi connectivity index (χ3v) is 52.5. The molecule has 25 rings (SSSR count).